The minimum Gasteiger partial charge on any atom is -0.341 e. The van der Waals surface area contributed by atoms with Crippen LogP contribution in [0, 0.1) is 0 Å². The van der Waals surface area contributed by atoms with Crippen molar-refractivity contribution in [2.24, 2.45) is 0 Å². The largest absolute Gasteiger partial charge is 0.356 e. The Labute approximate surface area is 96.5 Å². The van der Waals surface area contributed by atoms with Crippen molar-refractivity contribution in [2.75, 3.05) is 14.2 Å². The monoisotopic (exact) mass is 283 g/mol. The Bertz CT molecular complexity index is 236. The molecular weight excluding hydrogens is 275 g/mol. The molecular formula is C5H9Cl3NO4P. The van der Waals surface area contributed by atoms with Gasteiger partial charge < -0.3 is 14.4 Å². The predicted molar refractivity (Wildman–Crippen MR) is 54.9 cm³/mol. The smallest absolute Gasteiger partial charge is 0.341 e. The van der Waals surface area contributed by atoms with Gasteiger partial charge >= 0.3 is 7.60 Å². The minimum absolute atomic E-state index is 0.247. The highest BCUT2D eigenvalue weighted by atomic mass is 35.6. The molecule has 9 heteroatoms. The number of nitrogens with one attached hydrogen (secondary N) is 1. The lowest BCUT2D eigenvalue weighted by Crippen LogP contribution is -2.39. The third-order valence-electron chi connectivity index (χ3n) is 1.36. The first-order valence-corrected chi connectivity index (χ1v) is 6.04. The number of carbonyl (C=O) groups excluding carboxylic acids is 1. The van der Waals surface area contributed by atoms with Gasteiger partial charge in [0, 0.05) is 14.2 Å². The first-order chi connectivity index (χ1) is 6.31. The van der Waals surface area contributed by atoms with Gasteiger partial charge in [0.15, 0.2) is 5.78 Å². The summed E-state index contributed by atoms with van der Waals surface area (Å²) in [5.41, 5.74) is 0. The molecule has 0 heterocycles. The Morgan fingerprint density at radius 3 is 2.00 bits per heavy atom. The average Bonchev–Trinajstić information content (AvgIpc) is 2.11. The molecule has 0 aromatic rings. The molecule has 0 aliphatic rings. The summed E-state index contributed by atoms with van der Waals surface area (Å²) in [6.07, 6.45) is 0.247. The number of hydrogen-bond acceptors (Lipinski definition) is 4. The van der Waals surface area contributed by atoms with Crippen molar-refractivity contribution in [1.82, 2.24) is 5.32 Å². The zero-order valence-electron chi connectivity index (χ0n) is 7.37. The first kappa shape index (κ1) is 14.5. The molecule has 1 N–H and O–H groups in total. The van der Waals surface area contributed by atoms with Crippen molar-refractivity contribution in [1.29, 1.82) is 0 Å². The summed E-state index contributed by atoms with van der Waals surface area (Å²) < 4.78 is 19.0. The average molecular weight is 284 g/mol. The Morgan fingerprint density at radius 1 is 1.36 bits per heavy atom. The second-order valence-corrected chi connectivity index (χ2v) is 6.83. The maximum Gasteiger partial charge on any atom is 0.356 e. The quantitative estimate of drug-likeness (QED) is 0.476. The number of rotatable bonds is 5. The lowest BCUT2D eigenvalue weighted by atomic mass is 10.7. The van der Waals surface area contributed by atoms with E-state index >= 15 is 0 Å². The van der Waals surface area contributed by atoms with E-state index in [0.29, 0.717) is 0 Å². The second-order valence-electron chi connectivity index (χ2n) is 2.13. The lowest BCUT2D eigenvalue weighted by molar-refractivity contribution is -0.109. The van der Waals surface area contributed by atoms with E-state index in [1.807, 2.05) is 0 Å². The normalized spacial score (nSPS) is 14.9. The van der Waals surface area contributed by atoms with Gasteiger partial charge in [-0.25, -0.2) is 0 Å². The van der Waals surface area contributed by atoms with E-state index in [-0.39, 0.29) is 6.41 Å². The van der Waals surface area contributed by atoms with Gasteiger partial charge in [-0.3, -0.25) is 9.36 Å². The van der Waals surface area contributed by atoms with E-state index in [0.717, 1.165) is 14.2 Å². The van der Waals surface area contributed by atoms with Crippen LogP contribution in [0.25, 0.3) is 0 Å². The van der Waals surface area contributed by atoms with E-state index in [1.54, 1.807) is 0 Å². The minimum atomic E-state index is -3.67. The fourth-order valence-electron chi connectivity index (χ4n) is 0.715. The van der Waals surface area contributed by atoms with Crippen molar-refractivity contribution in [3.05, 3.63) is 0 Å². The Morgan fingerprint density at radius 2 is 1.79 bits per heavy atom. The maximum absolute atomic E-state index is 11.8. The molecule has 0 fully saturated rings. The molecule has 0 bridgehead atoms. The Balaban J connectivity index is 4.99. The highest BCUT2D eigenvalue weighted by Gasteiger charge is 2.47. The van der Waals surface area contributed by atoms with Gasteiger partial charge in [-0.2, -0.15) is 0 Å². The van der Waals surface area contributed by atoms with Crippen LogP contribution in [0.2, 0.25) is 0 Å². The van der Waals surface area contributed by atoms with Crippen molar-refractivity contribution in [3.63, 3.8) is 0 Å². The summed E-state index contributed by atoms with van der Waals surface area (Å²) >= 11 is 16.5. The molecule has 0 aliphatic carbocycles. The summed E-state index contributed by atoms with van der Waals surface area (Å²) in [6, 6.07) is 0. The first-order valence-electron chi connectivity index (χ1n) is 3.29. The van der Waals surface area contributed by atoms with Crippen molar-refractivity contribution in [2.45, 2.75) is 9.58 Å². The molecule has 1 amide bonds. The third-order valence-corrected chi connectivity index (χ3v) is 4.66. The fraction of sp³-hybridized carbons (Fsp3) is 0.800. The number of amides is 1. The maximum atomic E-state index is 11.8. The molecule has 0 spiro atoms. The molecule has 0 aromatic carbocycles. The molecule has 1 unspecified atom stereocenters. The number of halogens is 3. The molecule has 0 aliphatic heterocycles. The highest BCUT2D eigenvalue weighted by molar-refractivity contribution is 7.55. The summed E-state index contributed by atoms with van der Waals surface area (Å²) in [7, 11) is -1.42. The van der Waals surface area contributed by atoms with Crippen LogP contribution in [0.1, 0.15) is 0 Å². The fourth-order valence-corrected chi connectivity index (χ4v) is 3.15. The van der Waals surface area contributed by atoms with E-state index in [1.165, 1.54) is 0 Å². The van der Waals surface area contributed by atoms with Crippen LogP contribution >= 0.6 is 42.4 Å². The molecule has 84 valence electrons. The molecule has 0 radical (unpaired) electrons. The van der Waals surface area contributed by atoms with Crippen LogP contribution in [0.15, 0.2) is 0 Å². The van der Waals surface area contributed by atoms with Crippen molar-refractivity contribution >= 4 is 48.8 Å². The van der Waals surface area contributed by atoms with Crippen LogP contribution in [0.5, 0.6) is 0 Å². The molecule has 1 atom stereocenters. The van der Waals surface area contributed by atoms with Crippen LogP contribution in [-0.4, -0.2) is 30.2 Å². The topological polar surface area (TPSA) is 64.6 Å². The SMILES string of the molecule is COP(=O)(OC)C(NC=O)C(Cl)(Cl)Cl. The molecule has 0 rings (SSSR count). The van der Waals surface area contributed by atoms with Crippen LogP contribution in [0.3, 0.4) is 0 Å². The summed E-state index contributed by atoms with van der Waals surface area (Å²) in [5, 5.41) is 2.08. The number of alkyl halides is 3. The Kier molecular flexibility index (Phi) is 5.73. The molecule has 5 nitrogen and oxygen atoms in total. The lowest BCUT2D eigenvalue weighted by Gasteiger charge is -2.28. The van der Waals surface area contributed by atoms with Gasteiger partial charge in [0.05, 0.1) is 0 Å². The summed E-state index contributed by atoms with van der Waals surface area (Å²) in [6.45, 7) is 0. The zero-order chi connectivity index (χ0) is 11.4. The van der Waals surface area contributed by atoms with E-state index < -0.39 is 17.2 Å². The van der Waals surface area contributed by atoms with Gasteiger partial charge in [0.25, 0.3) is 0 Å². The van der Waals surface area contributed by atoms with Crippen molar-refractivity contribution in [3.8, 4) is 0 Å². The van der Waals surface area contributed by atoms with Gasteiger partial charge in [-0.15, -0.1) is 0 Å². The van der Waals surface area contributed by atoms with E-state index in [2.05, 4.69) is 14.4 Å². The number of carbonyl (C=O) groups is 1. The number of hydrogen-bond donors (Lipinski definition) is 1. The van der Waals surface area contributed by atoms with Gasteiger partial charge in [-0.05, 0) is 0 Å². The van der Waals surface area contributed by atoms with Gasteiger partial charge in [0.2, 0.25) is 10.2 Å². The highest BCUT2D eigenvalue weighted by Crippen LogP contribution is 2.57. The van der Waals surface area contributed by atoms with Gasteiger partial charge in [0.1, 0.15) is 0 Å². The Hall–Kier alpha value is 0.490. The van der Waals surface area contributed by atoms with E-state index in [9.17, 15) is 9.36 Å². The molecule has 0 saturated heterocycles. The summed E-state index contributed by atoms with van der Waals surface area (Å²) in [4.78, 5) is 10.2. The molecule has 14 heavy (non-hydrogen) atoms. The molecule has 0 aromatic heterocycles. The zero-order valence-corrected chi connectivity index (χ0v) is 10.5. The van der Waals surface area contributed by atoms with Gasteiger partial charge in [-0.1, -0.05) is 34.8 Å². The predicted octanol–water partition coefficient (Wildman–Crippen LogP) is 1.91. The second kappa shape index (κ2) is 5.54. The van der Waals surface area contributed by atoms with Crippen LogP contribution in [-0.2, 0) is 18.4 Å². The van der Waals surface area contributed by atoms with Crippen LogP contribution < -0.4 is 5.32 Å². The van der Waals surface area contributed by atoms with E-state index in [4.69, 9.17) is 34.8 Å². The molecule has 0 saturated carbocycles. The van der Waals surface area contributed by atoms with Crippen molar-refractivity contribution < 1.29 is 18.4 Å². The summed E-state index contributed by atoms with van der Waals surface area (Å²) in [5.74, 6) is -1.35. The third kappa shape index (κ3) is 3.57. The standard InChI is InChI=1S/C5H9Cl3NO4P/c1-12-14(11,13-2)4(9-3-10)5(6,7)8/h3-4H,1-2H3,(H,9,10). The van der Waals surface area contributed by atoms with Crippen LogP contribution in [0.4, 0.5) is 0 Å².